The Morgan fingerprint density at radius 3 is 2.12 bits per heavy atom. The standard InChI is InChI=1S/C19H19F5N8O/c1-17(2,33)9-27-15-30-14(13-26-7-5-11(29-13)18(3,20)21)31-16(32-15)28-10-4-6-25-12(8-10)19(22,23)24/h4-8,33H,9H2,1-3H3,(H2,25,27,28,30,31,32). The zero-order valence-electron chi connectivity index (χ0n) is 17.6. The van der Waals surface area contributed by atoms with Gasteiger partial charge in [-0.1, -0.05) is 0 Å². The van der Waals surface area contributed by atoms with Crippen LogP contribution in [0.4, 0.5) is 39.5 Å². The third-order valence-electron chi connectivity index (χ3n) is 3.93. The van der Waals surface area contributed by atoms with Crippen molar-refractivity contribution in [3.63, 3.8) is 0 Å². The summed E-state index contributed by atoms with van der Waals surface area (Å²) in [6.45, 7) is 3.70. The Bertz CT molecular complexity index is 1130. The van der Waals surface area contributed by atoms with Gasteiger partial charge in [0, 0.05) is 31.5 Å². The number of nitrogens with zero attached hydrogens (tertiary/aromatic N) is 6. The van der Waals surface area contributed by atoms with Crippen molar-refractivity contribution in [1.29, 1.82) is 0 Å². The summed E-state index contributed by atoms with van der Waals surface area (Å²) in [6, 6.07) is 3.05. The molecule has 3 N–H and O–H groups in total. The van der Waals surface area contributed by atoms with Crippen LogP contribution in [0.1, 0.15) is 32.2 Å². The fourth-order valence-electron chi connectivity index (χ4n) is 2.41. The summed E-state index contributed by atoms with van der Waals surface area (Å²) in [5.74, 6) is -4.03. The van der Waals surface area contributed by atoms with E-state index in [1.165, 1.54) is 19.9 Å². The van der Waals surface area contributed by atoms with Gasteiger partial charge >= 0.3 is 6.18 Å². The highest BCUT2D eigenvalue weighted by molar-refractivity contribution is 5.57. The second-order valence-electron chi connectivity index (χ2n) is 7.68. The molecule has 0 unspecified atom stereocenters. The number of aromatic nitrogens is 6. The summed E-state index contributed by atoms with van der Waals surface area (Å²) in [6.07, 6.45) is -2.61. The number of halogens is 5. The molecule has 0 aromatic carbocycles. The van der Waals surface area contributed by atoms with E-state index < -0.39 is 29.1 Å². The molecule has 3 aromatic heterocycles. The van der Waals surface area contributed by atoms with E-state index in [0.29, 0.717) is 6.92 Å². The summed E-state index contributed by atoms with van der Waals surface area (Å²) in [7, 11) is 0. The first-order valence-corrected chi connectivity index (χ1v) is 9.45. The van der Waals surface area contributed by atoms with Gasteiger partial charge in [0.15, 0.2) is 5.82 Å². The fraction of sp³-hybridized carbons (Fsp3) is 0.368. The minimum Gasteiger partial charge on any atom is -0.389 e. The van der Waals surface area contributed by atoms with Gasteiger partial charge in [0.25, 0.3) is 5.92 Å². The number of alkyl halides is 5. The largest absolute Gasteiger partial charge is 0.433 e. The maximum absolute atomic E-state index is 13.7. The molecule has 0 amide bonds. The highest BCUT2D eigenvalue weighted by atomic mass is 19.4. The molecule has 3 heterocycles. The summed E-state index contributed by atoms with van der Waals surface area (Å²) >= 11 is 0. The van der Waals surface area contributed by atoms with Gasteiger partial charge < -0.3 is 15.7 Å². The number of anilines is 3. The van der Waals surface area contributed by atoms with Gasteiger partial charge in [-0.05, 0) is 32.0 Å². The third-order valence-corrected chi connectivity index (χ3v) is 3.93. The molecule has 0 aliphatic heterocycles. The van der Waals surface area contributed by atoms with Crippen LogP contribution in [0.3, 0.4) is 0 Å². The number of pyridine rings is 1. The predicted molar refractivity (Wildman–Crippen MR) is 108 cm³/mol. The van der Waals surface area contributed by atoms with E-state index in [4.69, 9.17) is 0 Å². The topological polar surface area (TPSA) is 122 Å². The Balaban J connectivity index is 2.02. The van der Waals surface area contributed by atoms with E-state index in [2.05, 4.69) is 40.5 Å². The summed E-state index contributed by atoms with van der Waals surface area (Å²) < 4.78 is 66.3. The summed E-state index contributed by atoms with van der Waals surface area (Å²) in [5, 5.41) is 15.3. The molecule has 3 aromatic rings. The second-order valence-corrected chi connectivity index (χ2v) is 7.68. The van der Waals surface area contributed by atoms with Crippen molar-refractivity contribution in [2.24, 2.45) is 0 Å². The molecule has 3 rings (SSSR count). The van der Waals surface area contributed by atoms with E-state index in [1.54, 1.807) is 0 Å². The van der Waals surface area contributed by atoms with Gasteiger partial charge in [-0.3, -0.25) is 4.98 Å². The van der Waals surface area contributed by atoms with Gasteiger partial charge in [-0.25, -0.2) is 9.97 Å². The Morgan fingerprint density at radius 2 is 1.48 bits per heavy atom. The van der Waals surface area contributed by atoms with Gasteiger partial charge in [-0.15, -0.1) is 0 Å². The fourth-order valence-corrected chi connectivity index (χ4v) is 2.41. The SMILES string of the molecule is CC(C)(O)CNc1nc(Nc2ccnc(C(F)(F)F)c2)nc(-c2nccc(C(C)(F)F)n2)n1. The van der Waals surface area contributed by atoms with Crippen LogP contribution in [0.25, 0.3) is 11.6 Å². The molecule has 0 spiro atoms. The lowest BCUT2D eigenvalue weighted by Crippen LogP contribution is -2.30. The summed E-state index contributed by atoms with van der Waals surface area (Å²) in [4.78, 5) is 23.2. The molecular weight excluding hydrogens is 451 g/mol. The molecule has 0 saturated carbocycles. The Hall–Kier alpha value is -3.55. The van der Waals surface area contributed by atoms with Gasteiger partial charge in [0.05, 0.1) is 5.60 Å². The lowest BCUT2D eigenvalue weighted by atomic mass is 10.1. The van der Waals surface area contributed by atoms with Crippen LogP contribution < -0.4 is 10.6 Å². The molecule has 0 radical (unpaired) electrons. The van der Waals surface area contributed by atoms with Gasteiger partial charge in [0.1, 0.15) is 11.4 Å². The molecule has 0 aliphatic carbocycles. The Morgan fingerprint density at radius 1 is 0.818 bits per heavy atom. The molecule has 0 atom stereocenters. The normalized spacial score (nSPS) is 12.5. The van der Waals surface area contributed by atoms with Crippen LogP contribution in [0.15, 0.2) is 30.6 Å². The number of rotatable bonds is 7. The average molecular weight is 470 g/mol. The van der Waals surface area contributed by atoms with E-state index in [1.807, 2.05) is 0 Å². The molecule has 0 fully saturated rings. The zero-order chi connectivity index (χ0) is 24.4. The zero-order valence-corrected chi connectivity index (χ0v) is 17.6. The third kappa shape index (κ3) is 6.71. The van der Waals surface area contributed by atoms with E-state index >= 15 is 0 Å². The molecular formula is C19H19F5N8O. The van der Waals surface area contributed by atoms with Crippen molar-refractivity contribution < 1.29 is 27.1 Å². The van der Waals surface area contributed by atoms with Crippen LogP contribution >= 0.6 is 0 Å². The average Bonchev–Trinajstić information content (AvgIpc) is 2.71. The predicted octanol–water partition coefficient (Wildman–Crippen LogP) is 3.78. The van der Waals surface area contributed by atoms with Gasteiger partial charge in [0.2, 0.25) is 17.7 Å². The molecule has 0 saturated heterocycles. The van der Waals surface area contributed by atoms with Crippen molar-refractivity contribution in [3.8, 4) is 11.6 Å². The first kappa shape index (κ1) is 24.1. The smallest absolute Gasteiger partial charge is 0.389 e. The molecule has 33 heavy (non-hydrogen) atoms. The van der Waals surface area contributed by atoms with Crippen molar-refractivity contribution >= 4 is 17.6 Å². The quantitative estimate of drug-likeness (QED) is 0.443. The first-order valence-electron chi connectivity index (χ1n) is 9.45. The lowest BCUT2D eigenvalue weighted by molar-refractivity contribution is -0.141. The van der Waals surface area contributed by atoms with Crippen LogP contribution in [-0.2, 0) is 12.1 Å². The monoisotopic (exact) mass is 470 g/mol. The maximum Gasteiger partial charge on any atom is 0.433 e. The summed E-state index contributed by atoms with van der Waals surface area (Å²) in [5.41, 5.74) is -2.90. The number of hydrogen-bond acceptors (Lipinski definition) is 9. The minimum absolute atomic E-state index is 0.00268. The van der Waals surface area contributed by atoms with E-state index in [0.717, 1.165) is 24.5 Å². The van der Waals surface area contributed by atoms with E-state index in [9.17, 15) is 27.1 Å². The lowest BCUT2D eigenvalue weighted by Gasteiger charge is -2.18. The van der Waals surface area contributed by atoms with Crippen molar-refractivity contribution in [3.05, 3.63) is 42.0 Å². The minimum atomic E-state index is -4.67. The molecule has 9 nitrogen and oxygen atoms in total. The van der Waals surface area contributed by atoms with Crippen LogP contribution in [0, 0.1) is 0 Å². The highest BCUT2D eigenvalue weighted by Gasteiger charge is 2.32. The number of aliphatic hydroxyl groups is 1. The van der Waals surface area contributed by atoms with Crippen molar-refractivity contribution in [1.82, 2.24) is 29.9 Å². The van der Waals surface area contributed by atoms with Crippen LogP contribution in [0.2, 0.25) is 0 Å². The molecule has 176 valence electrons. The Labute approximate surface area is 184 Å². The molecule has 0 aliphatic rings. The number of nitrogens with one attached hydrogen (secondary N) is 2. The van der Waals surface area contributed by atoms with Crippen molar-refractivity contribution in [2.45, 2.75) is 38.5 Å². The number of hydrogen-bond donors (Lipinski definition) is 3. The molecule has 14 heteroatoms. The van der Waals surface area contributed by atoms with Crippen LogP contribution in [-0.4, -0.2) is 47.2 Å². The maximum atomic E-state index is 13.7. The first-order chi connectivity index (χ1) is 15.2. The second kappa shape index (κ2) is 8.77. The van der Waals surface area contributed by atoms with E-state index in [-0.39, 0.29) is 35.8 Å². The van der Waals surface area contributed by atoms with Crippen LogP contribution in [0.5, 0.6) is 0 Å². The molecule has 0 bridgehead atoms. The van der Waals surface area contributed by atoms with Gasteiger partial charge in [-0.2, -0.15) is 36.9 Å². The van der Waals surface area contributed by atoms with Crippen molar-refractivity contribution in [2.75, 3.05) is 17.2 Å². The highest BCUT2D eigenvalue weighted by Crippen LogP contribution is 2.30. The Kier molecular flexibility index (Phi) is 6.40.